The van der Waals surface area contributed by atoms with E-state index in [1.165, 1.54) is 6.42 Å². The molecule has 3 rings (SSSR count). The van der Waals surface area contributed by atoms with Gasteiger partial charge in [0.2, 0.25) is 0 Å². The lowest BCUT2D eigenvalue weighted by Gasteiger charge is -2.26. The van der Waals surface area contributed by atoms with E-state index in [4.69, 9.17) is 9.47 Å². The van der Waals surface area contributed by atoms with Crippen LogP contribution in [-0.4, -0.2) is 50.4 Å². The lowest BCUT2D eigenvalue weighted by molar-refractivity contribution is 0.389. The van der Waals surface area contributed by atoms with Gasteiger partial charge >= 0.3 is 0 Å². The molecule has 1 aliphatic heterocycles. The maximum absolute atomic E-state index is 5.47. The van der Waals surface area contributed by atoms with Gasteiger partial charge in [-0.25, -0.2) is 9.97 Å². The summed E-state index contributed by atoms with van der Waals surface area (Å²) in [5.41, 5.74) is 1.12. The number of benzene rings is 1. The zero-order valence-electron chi connectivity index (χ0n) is 15.7. The van der Waals surface area contributed by atoms with Crippen molar-refractivity contribution in [1.82, 2.24) is 15.3 Å². The van der Waals surface area contributed by atoms with Gasteiger partial charge in [-0.05, 0) is 18.9 Å². The number of nitrogens with one attached hydrogen (secondary N) is 2. The van der Waals surface area contributed by atoms with Gasteiger partial charge in [-0.15, -0.1) is 0 Å². The summed E-state index contributed by atoms with van der Waals surface area (Å²) in [7, 11) is 5.22. The standard InChI is InChI=1S/C19H27N5O2/c1-20-18-10-19(23-13-22-18)24-8-4-5-15(24)12-21-11-14-6-7-16(25-2)9-17(14)26-3/h6-7,9-10,13,15,21H,4-5,8,11-12H2,1-3H3,(H,20,22,23). The van der Waals surface area contributed by atoms with Crippen LogP contribution in [0.4, 0.5) is 11.6 Å². The molecule has 0 aliphatic carbocycles. The molecule has 7 nitrogen and oxygen atoms in total. The van der Waals surface area contributed by atoms with Crippen molar-refractivity contribution in [1.29, 1.82) is 0 Å². The Balaban J connectivity index is 1.60. The molecule has 26 heavy (non-hydrogen) atoms. The van der Waals surface area contributed by atoms with Gasteiger partial charge in [0, 0.05) is 50.4 Å². The van der Waals surface area contributed by atoms with E-state index in [9.17, 15) is 0 Å². The van der Waals surface area contributed by atoms with Crippen LogP contribution < -0.4 is 25.0 Å². The van der Waals surface area contributed by atoms with E-state index in [2.05, 4.69) is 25.5 Å². The van der Waals surface area contributed by atoms with E-state index in [1.54, 1.807) is 20.5 Å². The lowest BCUT2D eigenvalue weighted by atomic mass is 10.1. The summed E-state index contributed by atoms with van der Waals surface area (Å²) in [5, 5.41) is 6.64. The van der Waals surface area contributed by atoms with Gasteiger partial charge < -0.3 is 25.0 Å². The Morgan fingerprint density at radius 2 is 2.08 bits per heavy atom. The summed E-state index contributed by atoms with van der Waals surface area (Å²) in [6, 6.07) is 8.35. The Kier molecular flexibility index (Phi) is 6.12. The first-order chi connectivity index (χ1) is 12.7. The van der Waals surface area contributed by atoms with Gasteiger partial charge in [0.1, 0.15) is 29.5 Å². The van der Waals surface area contributed by atoms with Crippen molar-refractivity contribution in [3.05, 3.63) is 36.2 Å². The van der Waals surface area contributed by atoms with Crippen LogP contribution in [-0.2, 0) is 6.54 Å². The Morgan fingerprint density at radius 1 is 1.19 bits per heavy atom. The van der Waals surface area contributed by atoms with Crippen LogP contribution in [0, 0.1) is 0 Å². The Bertz CT molecular complexity index is 725. The van der Waals surface area contributed by atoms with Crippen LogP contribution in [0.2, 0.25) is 0 Å². The van der Waals surface area contributed by atoms with E-state index in [0.29, 0.717) is 6.04 Å². The summed E-state index contributed by atoms with van der Waals surface area (Å²) in [5.74, 6) is 3.47. The molecule has 0 radical (unpaired) electrons. The van der Waals surface area contributed by atoms with Crippen LogP contribution in [0.1, 0.15) is 18.4 Å². The van der Waals surface area contributed by atoms with Crippen molar-refractivity contribution < 1.29 is 9.47 Å². The fourth-order valence-electron chi connectivity index (χ4n) is 3.36. The number of rotatable bonds is 8. The normalized spacial score (nSPS) is 16.6. The third-order valence-electron chi connectivity index (χ3n) is 4.77. The smallest absolute Gasteiger partial charge is 0.134 e. The number of anilines is 2. The first-order valence-corrected chi connectivity index (χ1v) is 8.93. The third kappa shape index (κ3) is 4.16. The topological polar surface area (TPSA) is 71.5 Å². The molecule has 2 N–H and O–H groups in total. The Morgan fingerprint density at radius 3 is 2.85 bits per heavy atom. The van der Waals surface area contributed by atoms with E-state index < -0.39 is 0 Å². The van der Waals surface area contributed by atoms with Gasteiger partial charge in [0.05, 0.1) is 14.2 Å². The molecule has 1 fully saturated rings. The maximum atomic E-state index is 5.47. The van der Waals surface area contributed by atoms with Crippen LogP contribution in [0.3, 0.4) is 0 Å². The molecule has 0 bridgehead atoms. The van der Waals surface area contributed by atoms with Gasteiger partial charge in [-0.3, -0.25) is 0 Å². The Labute approximate surface area is 154 Å². The molecule has 140 valence electrons. The average Bonchev–Trinajstić information content (AvgIpc) is 3.16. The summed E-state index contributed by atoms with van der Waals surface area (Å²) in [6.45, 7) is 2.68. The van der Waals surface area contributed by atoms with Gasteiger partial charge in [-0.1, -0.05) is 6.07 Å². The molecule has 1 unspecified atom stereocenters. The highest BCUT2D eigenvalue weighted by Gasteiger charge is 2.25. The van der Waals surface area contributed by atoms with Crippen LogP contribution in [0.5, 0.6) is 11.5 Å². The monoisotopic (exact) mass is 357 g/mol. The minimum atomic E-state index is 0.429. The van der Waals surface area contributed by atoms with Crippen molar-refractivity contribution in [3.63, 3.8) is 0 Å². The predicted octanol–water partition coefficient (Wildman–Crippen LogP) is 2.29. The second-order valence-electron chi connectivity index (χ2n) is 6.31. The van der Waals surface area contributed by atoms with Crippen LogP contribution >= 0.6 is 0 Å². The average molecular weight is 357 g/mol. The van der Waals surface area contributed by atoms with Crippen molar-refractivity contribution in [2.24, 2.45) is 0 Å². The highest BCUT2D eigenvalue weighted by atomic mass is 16.5. The number of aromatic nitrogens is 2. The number of hydrogen-bond donors (Lipinski definition) is 2. The fraction of sp³-hybridized carbons (Fsp3) is 0.474. The molecule has 1 aliphatic rings. The zero-order chi connectivity index (χ0) is 18.4. The van der Waals surface area contributed by atoms with Gasteiger partial charge in [0.15, 0.2) is 0 Å². The largest absolute Gasteiger partial charge is 0.497 e. The predicted molar refractivity (Wildman–Crippen MR) is 103 cm³/mol. The second-order valence-corrected chi connectivity index (χ2v) is 6.31. The molecule has 1 atom stereocenters. The SMILES string of the molecule is CNc1cc(N2CCCC2CNCc2ccc(OC)cc2OC)ncn1. The van der Waals surface area contributed by atoms with E-state index >= 15 is 0 Å². The molecular weight excluding hydrogens is 330 g/mol. The first-order valence-electron chi connectivity index (χ1n) is 8.93. The number of ether oxygens (including phenoxy) is 2. The summed E-state index contributed by atoms with van der Waals surface area (Å²) < 4.78 is 10.7. The van der Waals surface area contributed by atoms with Crippen LogP contribution in [0.15, 0.2) is 30.6 Å². The third-order valence-corrected chi connectivity index (χ3v) is 4.77. The molecule has 1 aromatic carbocycles. The minimum absolute atomic E-state index is 0.429. The number of hydrogen-bond acceptors (Lipinski definition) is 7. The summed E-state index contributed by atoms with van der Waals surface area (Å²) in [4.78, 5) is 11.0. The molecule has 0 spiro atoms. The van der Waals surface area contributed by atoms with E-state index in [-0.39, 0.29) is 0 Å². The van der Waals surface area contributed by atoms with Crippen molar-refractivity contribution in [2.75, 3.05) is 44.6 Å². The fourth-order valence-corrected chi connectivity index (χ4v) is 3.36. The quantitative estimate of drug-likeness (QED) is 0.751. The number of nitrogens with zero attached hydrogens (tertiary/aromatic N) is 3. The summed E-state index contributed by atoms with van der Waals surface area (Å²) in [6.07, 6.45) is 3.95. The molecular formula is C19H27N5O2. The van der Waals surface area contributed by atoms with Crippen LogP contribution in [0.25, 0.3) is 0 Å². The lowest BCUT2D eigenvalue weighted by Crippen LogP contribution is -2.38. The second kappa shape index (κ2) is 8.71. The molecule has 2 aromatic rings. The zero-order valence-corrected chi connectivity index (χ0v) is 15.7. The molecule has 0 amide bonds. The molecule has 1 aromatic heterocycles. The maximum Gasteiger partial charge on any atom is 0.134 e. The van der Waals surface area contributed by atoms with Gasteiger partial charge in [0.25, 0.3) is 0 Å². The molecule has 2 heterocycles. The molecule has 0 saturated carbocycles. The van der Waals surface area contributed by atoms with E-state index in [1.807, 2.05) is 31.3 Å². The van der Waals surface area contributed by atoms with E-state index in [0.717, 1.165) is 54.8 Å². The highest BCUT2D eigenvalue weighted by Crippen LogP contribution is 2.26. The number of methoxy groups -OCH3 is 2. The first kappa shape index (κ1) is 18.3. The highest BCUT2D eigenvalue weighted by molar-refractivity contribution is 5.49. The van der Waals surface area contributed by atoms with Crippen molar-refractivity contribution >= 4 is 11.6 Å². The molecule has 7 heteroatoms. The molecule has 1 saturated heterocycles. The van der Waals surface area contributed by atoms with Gasteiger partial charge in [-0.2, -0.15) is 0 Å². The summed E-state index contributed by atoms with van der Waals surface area (Å²) >= 11 is 0. The van der Waals surface area contributed by atoms with Crippen molar-refractivity contribution in [3.8, 4) is 11.5 Å². The minimum Gasteiger partial charge on any atom is -0.497 e. The van der Waals surface area contributed by atoms with Crippen molar-refractivity contribution in [2.45, 2.75) is 25.4 Å². The Hall–Kier alpha value is -2.54.